The Morgan fingerprint density at radius 3 is 2.19 bits per heavy atom. The monoisotopic (exact) mass is 350 g/mol. The molecule has 2 N–H and O–H groups in total. The highest BCUT2D eigenvalue weighted by molar-refractivity contribution is 5.83. The van der Waals surface area contributed by atoms with Crippen LogP contribution in [0.25, 0.3) is 0 Å². The highest BCUT2D eigenvalue weighted by atomic mass is 16.2. The van der Waals surface area contributed by atoms with Gasteiger partial charge in [-0.1, -0.05) is 75.4 Å². The maximum Gasteiger partial charge on any atom is 0.241 e. The summed E-state index contributed by atoms with van der Waals surface area (Å²) in [6, 6.07) is 18.9. The van der Waals surface area contributed by atoms with Gasteiger partial charge < -0.3 is 5.32 Å². The summed E-state index contributed by atoms with van der Waals surface area (Å²) in [5.74, 6) is 0.456. The topological polar surface area (TPSA) is 41.1 Å². The van der Waals surface area contributed by atoms with Gasteiger partial charge in [0.25, 0.3) is 0 Å². The van der Waals surface area contributed by atoms with Crippen molar-refractivity contribution in [1.82, 2.24) is 10.6 Å². The standard InChI is InChI=1S/C23H30N2O/c1-4-17-10-12-19(13-11-17)21(16(2)3)25-22(18-8-6-5-7-9-18)23(26)24-20-14-15-20/h5-13,16,20-22,25H,4,14-15H2,1-3H3,(H,24,26)/t21-,22-/m1/s1. The van der Waals surface area contributed by atoms with E-state index in [2.05, 4.69) is 55.7 Å². The van der Waals surface area contributed by atoms with E-state index in [1.165, 1.54) is 11.1 Å². The third-order valence-corrected chi connectivity index (χ3v) is 5.08. The lowest BCUT2D eigenvalue weighted by atomic mass is 9.93. The van der Waals surface area contributed by atoms with Crippen LogP contribution < -0.4 is 10.6 Å². The van der Waals surface area contributed by atoms with Crippen molar-refractivity contribution in [2.24, 2.45) is 5.92 Å². The highest BCUT2D eigenvalue weighted by Crippen LogP contribution is 2.28. The van der Waals surface area contributed by atoms with E-state index in [0.717, 1.165) is 24.8 Å². The molecule has 2 aromatic rings. The van der Waals surface area contributed by atoms with Gasteiger partial charge >= 0.3 is 0 Å². The Labute approximate surface area is 157 Å². The van der Waals surface area contributed by atoms with Crippen molar-refractivity contribution in [3.8, 4) is 0 Å². The summed E-state index contributed by atoms with van der Waals surface area (Å²) < 4.78 is 0. The van der Waals surface area contributed by atoms with Crippen LogP contribution in [0.4, 0.5) is 0 Å². The summed E-state index contributed by atoms with van der Waals surface area (Å²) in [4.78, 5) is 12.9. The molecule has 0 spiro atoms. The fourth-order valence-electron chi connectivity index (χ4n) is 3.29. The smallest absolute Gasteiger partial charge is 0.241 e. The van der Waals surface area contributed by atoms with Gasteiger partial charge in [-0.2, -0.15) is 0 Å². The number of carbonyl (C=O) groups is 1. The molecule has 3 rings (SSSR count). The summed E-state index contributed by atoms with van der Waals surface area (Å²) in [7, 11) is 0. The second kappa shape index (κ2) is 8.50. The Morgan fingerprint density at radius 1 is 1.00 bits per heavy atom. The van der Waals surface area contributed by atoms with E-state index in [1.807, 2.05) is 30.3 Å². The van der Waals surface area contributed by atoms with Gasteiger partial charge in [-0.3, -0.25) is 10.1 Å². The predicted molar refractivity (Wildman–Crippen MR) is 107 cm³/mol. The van der Waals surface area contributed by atoms with Crippen molar-refractivity contribution in [2.45, 2.75) is 58.2 Å². The Kier molecular flexibility index (Phi) is 6.10. The molecule has 1 saturated carbocycles. The van der Waals surface area contributed by atoms with Gasteiger partial charge in [0, 0.05) is 12.1 Å². The largest absolute Gasteiger partial charge is 0.352 e. The van der Waals surface area contributed by atoms with E-state index in [9.17, 15) is 4.79 Å². The van der Waals surface area contributed by atoms with E-state index in [1.54, 1.807) is 0 Å². The number of nitrogens with one attached hydrogen (secondary N) is 2. The number of aryl methyl sites for hydroxylation is 1. The number of rotatable bonds is 8. The molecule has 1 aliphatic rings. The third kappa shape index (κ3) is 4.73. The molecule has 0 bridgehead atoms. The average Bonchev–Trinajstić information content (AvgIpc) is 3.47. The third-order valence-electron chi connectivity index (χ3n) is 5.08. The molecule has 2 aromatic carbocycles. The van der Waals surface area contributed by atoms with Crippen LogP contribution >= 0.6 is 0 Å². The quantitative estimate of drug-likeness (QED) is 0.733. The molecule has 2 atom stereocenters. The first kappa shape index (κ1) is 18.7. The van der Waals surface area contributed by atoms with Crippen LogP contribution in [0.3, 0.4) is 0 Å². The van der Waals surface area contributed by atoms with E-state index in [-0.39, 0.29) is 18.0 Å². The Bertz CT molecular complexity index is 705. The second-order valence-corrected chi connectivity index (χ2v) is 7.61. The summed E-state index contributed by atoms with van der Waals surface area (Å²) in [5, 5.41) is 6.81. The summed E-state index contributed by atoms with van der Waals surface area (Å²) in [6.07, 6.45) is 3.23. The molecular weight excluding hydrogens is 320 g/mol. The van der Waals surface area contributed by atoms with E-state index < -0.39 is 0 Å². The van der Waals surface area contributed by atoms with Crippen molar-refractivity contribution in [3.63, 3.8) is 0 Å². The van der Waals surface area contributed by atoms with Gasteiger partial charge in [0.1, 0.15) is 6.04 Å². The molecule has 138 valence electrons. The first-order valence-corrected chi connectivity index (χ1v) is 9.78. The van der Waals surface area contributed by atoms with Crippen molar-refractivity contribution >= 4 is 5.91 Å². The minimum Gasteiger partial charge on any atom is -0.352 e. The van der Waals surface area contributed by atoms with Crippen LogP contribution in [0.15, 0.2) is 54.6 Å². The average molecular weight is 351 g/mol. The zero-order chi connectivity index (χ0) is 18.5. The number of benzene rings is 2. The number of amides is 1. The fourth-order valence-corrected chi connectivity index (χ4v) is 3.29. The van der Waals surface area contributed by atoms with Crippen molar-refractivity contribution in [3.05, 3.63) is 71.3 Å². The van der Waals surface area contributed by atoms with Crippen LogP contribution in [0.5, 0.6) is 0 Å². The van der Waals surface area contributed by atoms with Gasteiger partial charge in [-0.05, 0) is 41.9 Å². The first-order chi connectivity index (χ1) is 12.6. The molecular formula is C23H30N2O. The molecule has 0 aliphatic heterocycles. The van der Waals surface area contributed by atoms with Crippen LogP contribution in [-0.4, -0.2) is 11.9 Å². The molecule has 0 unspecified atom stereocenters. The number of hydrogen-bond acceptors (Lipinski definition) is 2. The van der Waals surface area contributed by atoms with Crippen LogP contribution in [0.2, 0.25) is 0 Å². The van der Waals surface area contributed by atoms with Gasteiger partial charge in [0.05, 0.1) is 0 Å². The van der Waals surface area contributed by atoms with Crippen molar-refractivity contribution in [2.75, 3.05) is 0 Å². The Hall–Kier alpha value is -2.13. The lowest BCUT2D eigenvalue weighted by molar-refractivity contribution is -0.123. The maximum absolute atomic E-state index is 12.9. The lowest BCUT2D eigenvalue weighted by Crippen LogP contribution is -2.41. The number of hydrogen-bond donors (Lipinski definition) is 2. The number of carbonyl (C=O) groups excluding carboxylic acids is 1. The SMILES string of the molecule is CCc1ccc([C@H](N[C@@H](C(=O)NC2CC2)c2ccccc2)C(C)C)cc1. The van der Waals surface area contributed by atoms with Crippen molar-refractivity contribution in [1.29, 1.82) is 0 Å². The first-order valence-electron chi connectivity index (χ1n) is 9.78. The predicted octanol–water partition coefficient (Wildman–Crippen LogP) is 4.56. The van der Waals surface area contributed by atoms with E-state index >= 15 is 0 Å². The zero-order valence-electron chi connectivity index (χ0n) is 16.0. The maximum atomic E-state index is 12.9. The molecule has 1 amide bonds. The van der Waals surface area contributed by atoms with Crippen LogP contribution in [0.1, 0.15) is 62.4 Å². The molecule has 26 heavy (non-hydrogen) atoms. The molecule has 0 saturated heterocycles. The molecule has 1 aliphatic carbocycles. The molecule has 0 heterocycles. The van der Waals surface area contributed by atoms with Crippen molar-refractivity contribution < 1.29 is 4.79 Å². The van der Waals surface area contributed by atoms with E-state index in [0.29, 0.717) is 12.0 Å². The molecule has 0 aromatic heterocycles. The van der Waals surface area contributed by atoms with Gasteiger partial charge in [-0.15, -0.1) is 0 Å². The normalized spacial score (nSPS) is 16.3. The molecule has 3 heteroatoms. The summed E-state index contributed by atoms with van der Waals surface area (Å²) >= 11 is 0. The fraction of sp³-hybridized carbons (Fsp3) is 0.435. The molecule has 1 fully saturated rings. The van der Waals surface area contributed by atoms with Gasteiger partial charge in [0.2, 0.25) is 5.91 Å². The summed E-state index contributed by atoms with van der Waals surface area (Å²) in [5.41, 5.74) is 3.58. The Morgan fingerprint density at radius 2 is 1.65 bits per heavy atom. The highest BCUT2D eigenvalue weighted by Gasteiger charge is 2.30. The van der Waals surface area contributed by atoms with E-state index in [4.69, 9.17) is 0 Å². The lowest BCUT2D eigenvalue weighted by Gasteiger charge is -2.29. The minimum atomic E-state index is -0.338. The summed E-state index contributed by atoms with van der Waals surface area (Å²) in [6.45, 7) is 6.57. The van der Waals surface area contributed by atoms with Crippen LogP contribution in [0, 0.1) is 5.92 Å². The molecule has 3 nitrogen and oxygen atoms in total. The minimum absolute atomic E-state index is 0.0783. The zero-order valence-corrected chi connectivity index (χ0v) is 16.0. The van der Waals surface area contributed by atoms with Gasteiger partial charge in [0.15, 0.2) is 0 Å². The van der Waals surface area contributed by atoms with Gasteiger partial charge in [-0.25, -0.2) is 0 Å². The second-order valence-electron chi connectivity index (χ2n) is 7.61. The molecule has 0 radical (unpaired) electrons. The van der Waals surface area contributed by atoms with Crippen LogP contribution in [-0.2, 0) is 11.2 Å². The Balaban J connectivity index is 1.84.